The van der Waals surface area contributed by atoms with Gasteiger partial charge < -0.3 is 14.9 Å². The highest BCUT2D eigenvalue weighted by Crippen LogP contribution is 2.19. The third kappa shape index (κ3) is 4.08. The Balaban J connectivity index is 2.93. The van der Waals surface area contributed by atoms with Crippen molar-refractivity contribution in [2.24, 2.45) is 0 Å². The number of carbonyl (C=O) groups excluding carboxylic acids is 1. The zero-order chi connectivity index (χ0) is 18.0. The molecule has 2 unspecified atom stereocenters. The molecule has 0 fully saturated rings. The molecule has 0 aliphatic carbocycles. The van der Waals surface area contributed by atoms with Gasteiger partial charge in [-0.1, -0.05) is 12.1 Å². The topological polar surface area (TPSA) is 139 Å². The zero-order valence-electron chi connectivity index (χ0n) is 13.6. The summed E-state index contributed by atoms with van der Waals surface area (Å²) >= 11 is 0. The highest BCUT2D eigenvalue weighted by molar-refractivity contribution is 7.89. The van der Waals surface area contributed by atoms with Crippen LogP contribution in [0, 0.1) is 13.8 Å². The lowest BCUT2D eigenvalue weighted by Crippen LogP contribution is -2.56. The smallest absolute Gasteiger partial charge is 0.329 e. The van der Waals surface area contributed by atoms with E-state index in [1.807, 2.05) is 0 Å². The largest absolute Gasteiger partial charge is 0.480 e. The van der Waals surface area contributed by atoms with Gasteiger partial charge in [-0.2, -0.15) is 4.72 Å². The van der Waals surface area contributed by atoms with E-state index in [1.54, 1.807) is 6.92 Å². The van der Waals surface area contributed by atoms with Gasteiger partial charge in [0.15, 0.2) is 5.76 Å². The Hall–Kier alpha value is -1.94. The summed E-state index contributed by atoms with van der Waals surface area (Å²) in [6, 6.07) is -1.17. The molecule has 2 atom stereocenters. The minimum absolute atomic E-state index is 0.103. The number of carbonyl (C=O) groups is 2. The normalized spacial score (nSPS) is 15.7. The van der Waals surface area contributed by atoms with Crippen molar-refractivity contribution in [3.63, 3.8) is 0 Å². The maximum atomic E-state index is 12.3. The monoisotopic (exact) mass is 347 g/mol. The Morgan fingerprint density at radius 2 is 1.96 bits per heavy atom. The molecule has 1 rings (SSSR count). The van der Waals surface area contributed by atoms with E-state index in [2.05, 4.69) is 15.2 Å². The molecule has 130 valence electrons. The summed E-state index contributed by atoms with van der Waals surface area (Å²) in [7, 11) is -4.02. The van der Waals surface area contributed by atoms with Crippen molar-refractivity contribution < 1.29 is 27.6 Å². The lowest BCUT2D eigenvalue weighted by Gasteiger charge is -2.26. The number of carboxylic acids is 1. The number of nitrogens with one attached hydrogen (secondary N) is 2. The second-order valence-corrected chi connectivity index (χ2v) is 7.13. The van der Waals surface area contributed by atoms with Gasteiger partial charge in [0.2, 0.25) is 15.9 Å². The van der Waals surface area contributed by atoms with E-state index in [1.165, 1.54) is 27.7 Å². The molecule has 0 saturated heterocycles. The molecule has 1 heterocycles. The second-order valence-electron chi connectivity index (χ2n) is 5.48. The summed E-state index contributed by atoms with van der Waals surface area (Å²) < 4.78 is 31.6. The summed E-state index contributed by atoms with van der Waals surface area (Å²) in [5.74, 6) is -1.84. The summed E-state index contributed by atoms with van der Waals surface area (Å²) in [5.41, 5.74) is -1.30. The van der Waals surface area contributed by atoms with Gasteiger partial charge in [-0.05, 0) is 34.1 Å². The first-order chi connectivity index (χ1) is 10.4. The first-order valence-electron chi connectivity index (χ1n) is 6.95. The average molecular weight is 347 g/mol. The van der Waals surface area contributed by atoms with Gasteiger partial charge in [0.1, 0.15) is 16.1 Å². The average Bonchev–Trinajstić information content (AvgIpc) is 2.77. The van der Waals surface area contributed by atoms with Gasteiger partial charge in [0.05, 0.1) is 6.04 Å². The quantitative estimate of drug-likeness (QED) is 0.646. The van der Waals surface area contributed by atoms with Gasteiger partial charge in [0, 0.05) is 0 Å². The van der Waals surface area contributed by atoms with E-state index in [-0.39, 0.29) is 22.8 Å². The Morgan fingerprint density at radius 1 is 1.39 bits per heavy atom. The fourth-order valence-corrected chi connectivity index (χ4v) is 3.41. The van der Waals surface area contributed by atoms with Crippen LogP contribution in [0.15, 0.2) is 9.42 Å². The van der Waals surface area contributed by atoms with Crippen molar-refractivity contribution in [3.8, 4) is 0 Å². The lowest BCUT2D eigenvalue weighted by molar-refractivity contribution is -0.147. The number of nitrogens with zero attached hydrogens (tertiary/aromatic N) is 1. The van der Waals surface area contributed by atoms with Crippen molar-refractivity contribution in [1.29, 1.82) is 0 Å². The standard InChI is InChI=1S/C13H21N3O6S/c1-6-13(5,12(18)19)14-11(17)8(3)16-23(20,21)10-7(2)15-22-9(10)4/h8,16H,6H2,1-5H3,(H,14,17)(H,18,19). The van der Waals surface area contributed by atoms with Crippen LogP contribution in [-0.2, 0) is 19.6 Å². The minimum atomic E-state index is -4.02. The molecule has 1 aromatic heterocycles. The van der Waals surface area contributed by atoms with Crippen molar-refractivity contribution in [2.45, 2.75) is 57.5 Å². The van der Waals surface area contributed by atoms with Crippen molar-refractivity contribution >= 4 is 21.9 Å². The number of amides is 1. The number of sulfonamides is 1. The van der Waals surface area contributed by atoms with E-state index in [0.717, 1.165) is 0 Å². The van der Waals surface area contributed by atoms with Crippen molar-refractivity contribution in [3.05, 3.63) is 11.5 Å². The molecule has 0 bridgehead atoms. The lowest BCUT2D eigenvalue weighted by atomic mass is 9.99. The van der Waals surface area contributed by atoms with E-state index < -0.39 is 33.5 Å². The zero-order valence-corrected chi connectivity index (χ0v) is 14.4. The summed E-state index contributed by atoms with van der Waals surface area (Å²) in [4.78, 5) is 23.2. The number of carboxylic acid groups (broad SMARTS) is 1. The molecule has 1 aromatic rings. The van der Waals surface area contributed by atoms with Crippen molar-refractivity contribution in [1.82, 2.24) is 15.2 Å². The SMILES string of the molecule is CCC(C)(NC(=O)C(C)NS(=O)(=O)c1c(C)noc1C)C(=O)O. The van der Waals surface area contributed by atoms with Gasteiger partial charge in [0.25, 0.3) is 0 Å². The van der Waals surface area contributed by atoms with Gasteiger partial charge >= 0.3 is 5.97 Å². The molecule has 1 amide bonds. The van der Waals surface area contributed by atoms with Crippen LogP contribution in [0.5, 0.6) is 0 Å². The van der Waals surface area contributed by atoms with Crippen molar-refractivity contribution in [2.75, 3.05) is 0 Å². The van der Waals surface area contributed by atoms with Crippen LogP contribution in [0.1, 0.15) is 38.6 Å². The molecule has 0 spiro atoms. The summed E-state index contributed by atoms with van der Waals surface area (Å²) in [5, 5.41) is 15.0. The molecule has 3 N–H and O–H groups in total. The van der Waals surface area contributed by atoms with Crippen LogP contribution < -0.4 is 10.0 Å². The van der Waals surface area contributed by atoms with Crippen LogP contribution >= 0.6 is 0 Å². The number of aryl methyl sites for hydroxylation is 2. The van der Waals surface area contributed by atoms with Crippen LogP contribution in [0.3, 0.4) is 0 Å². The molecule has 0 saturated carbocycles. The number of aliphatic carboxylic acids is 1. The minimum Gasteiger partial charge on any atom is -0.480 e. The molecule has 0 aromatic carbocycles. The number of hydrogen-bond acceptors (Lipinski definition) is 6. The highest BCUT2D eigenvalue weighted by atomic mass is 32.2. The molecule has 0 aliphatic rings. The maximum absolute atomic E-state index is 12.3. The van der Waals surface area contributed by atoms with E-state index in [0.29, 0.717) is 0 Å². The Kier molecular flexibility index (Phi) is 5.54. The fraction of sp³-hybridized carbons (Fsp3) is 0.615. The Labute approximate surface area is 134 Å². The van der Waals surface area contributed by atoms with Gasteiger partial charge in [-0.15, -0.1) is 0 Å². The first kappa shape index (κ1) is 19.1. The van der Waals surface area contributed by atoms with Crippen LogP contribution in [0.4, 0.5) is 0 Å². The molecule has 0 radical (unpaired) electrons. The Morgan fingerprint density at radius 3 is 2.35 bits per heavy atom. The number of rotatable bonds is 7. The molecular weight excluding hydrogens is 326 g/mol. The third-order valence-electron chi connectivity index (χ3n) is 3.54. The number of aromatic nitrogens is 1. The van der Waals surface area contributed by atoms with Crippen LogP contribution in [0.25, 0.3) is 0 Å². The molecule has 23 heavy (non-hydrogen) atoms. The number of hydrogen-bond donors (Lipinski definition) is 3. The van der Waals surface area contributed by atoms with Crippen LogP contribution in [-0.4, -0.2) is 42.1 Å². The summed E-state index contributed by atoms with van der Waals surface area (Å²) in [6.07, 6.45) is 0.150. The summed E-state index contributed by atoms with van der Waals surface area (Å²) in [6.45, 7) is 7.19. The third-order valence-corrected chi connectivity index (χ3v) is 5.32. The predicted octanol–water partition coefficient (Wildman–Crippen LogP) is 0.328. The predicted molar refractivity (Wildman–Crippen MR) is 80.2 cm³/mol. The molecule has 9 nitrogen and oxygen atoms in total. The van der Waals surface area contributed by atoms with Crippen LogP contribution in [0.2, 0.25) is 0 Å². The van der Waals surface area contributed by atoms with Gasteiger partial charge in [-0.3, -0.25) is 4.79 Å². The maximum Gasteiger partial charge on any atom is 0.329 e. The first-order valence-corrected chi connectivity index (χ1v) is 8.43. The van der Waals surface area contributed by atoms with E-state index >= 15 is 0 Å². The highest BCUT2D eigenvalue weighted by Gasteiger charge is 2.35. The molecule has 0 aliphatic heterocycles. The second kappa shape index (κ2) is 6.67. The fourth-order valence-electron chi connectivity index (χ4n) is 1.88. The van der Waals surface area contributed by atoms with Gasteiger partial charge in [-0.25, -0.2) is 13.2 Å². The molecular formula is C13H21N3O6S. The molecule has 10 heteroatoms. The van der Waals surface area contributed by atoms with E-state index in [9.17, 15) is 18.0 Å². The Bertz CT molecular complexity index is 692. The van der Waals surface area contributed by atoms with E-state index in [4.69, 9.17) is 9.63 Å².